The number of imidazole rings is 1. The van der Waals surface area contributed by atoms with Crippen LogP contribution in [0.15, 0.2) is 25.0 Å². The van der Waals surface area contributed by atoms with Crippen molar-refractivity contribution in [1.29, 1.82) is 0 Å². The second-order valence-corrected chi connectivity index (χ2v) is 4.90. The van der Waals surface area contributed by atoms with Crippen molar-refractivity contribution >= 4 is 17.3 Å². The summed E-state index contributed by atoms with van der Waals surface area (Å²) >= 11 is 0. The van der Waals surface area contributed by atoms with E-state index in [1.54, 1.807) is 12.5 Å². The molecule has 0 radical (unpaired) electrons. The first-order valence-corrected chi connectivity index (χ1v) is 7.61. The van der Waals surface area contributed by atoms with Gasteiger partial charge < -0.3 is 14.8 Å². The molecule has 2 aromatic heterocycles. The number of aromatic nitrogens is 4. The summed E-state index contributed by atoms with van der Waals surface area (Å²) in [5, 5.41) is 14.5. The van der Waals surface area contributed by atoms with Crippen LogP contribution < -0.4 is 10.2 Å². The number of hydrogen-bond donors (Lipinski definition) is 1. The van der Waals surface area contributed by atoms with Crippen LogP contribution >= 0.6 is 0 Å². The molecule has 9 nitrogen and oxygen atoms in total. The molecule has 2 aromatic rings. The van der Waals surface area contributed by atoms with Crippen molar-refractivity contribution in [2.75, 3.05) is 29.9 Å². The van der Waals surface area contributed by atoms with Gasteiger partial charge in [0, 0.05) is 38.6 Å². The number of hydrogen-bond acceptors (Lipinski definition) is 7. The van der Waals surface area contributed by atoms with E-state index in [-0.39, 0.29) is 11.5 Å². The number of rotatable bonds is 9. The summed E-state index contributed by atoms with van der Waals surface area (Å²) in [6, 6.07) is 0. The van der Waals surface area contributed by atoms with Gasteiger partial charge in [0.2, 0.25) is 11.6 Å². The normalized spacial score (nSPS) is 10.5. The summed E-state index contributed by atoms with van der Waals surface area (Å²) in [4.78, 5) is 25.0. The molecule has 0 unspecified atom stereocenters. The molecule has 2 rings (SSSR count). The Labute approximate surface area is 134 Å². The van der Waals surface area contributed by atoms with E-state index >= 15 is 0 Å². The topological polar surface area (TPSA) is 102 Å². The van der Waals surface area contributed by atoms with Crippen molar-refractivity contribution in [3.63, 3.8) is 0 Å². The van der Waals surface area contributed by atoms with E-state index in [0.29, 0.717) is 25.5 Å². The number of aryl methyl sites for hydroxylation is 1. The highest BCUT2D eigenvalue weighted by molar-refractivity contribution is 5.70. The average molecular weight is 319 g/mol. The lowest BCUT2D eigenvalue weighted by atomic mass is 10.3. The summed E-state index contributed by atoms with van der Waals surface area (Å²) in [5.41, 5.74) is -0.0705. The maximum atomic E-state index is 11.4. The molecule has 0 saturated heterocycles. The Balaban J connectivity index is 2.08. The molecule has 0 aliphatic carbocycles. The number of anilines is 2. The van der Waals surface area contributed by atoms with E-state index < -0.39 is 4.92 Å². The van der Waals surface area contributed by atoms with Gasteiger partial charge in [-0.25, -0.2) is 15.0 Å². The van der Waals surface area contributed by atoms with Crippen LogP contribution in [0.3, 0.4) is 0 Å². The van der Waals surface area contributed by atoms with Crippen molar-refractivity contribution in [3.8, 4) is 0 Å². The highest BCUT2D eigenvalue weighted by atomic mass is 16.6. The fourth-order valence-corrected chi connectivity index (χ4v) is 2.31. The van der Waals surface area contributed by atoms with Crippen LogP contribution in [-0.2, 0) is 6.54 Å². The summed E-state index contributed by atoms with van der Waals surface area (Å²) in [6.45, 7) is 6.53. The van der Waals surface area contributed by atoms with Gasteiger partial charge in [0.15, 0.2) is 0 Å². The first-order chi connectivity index (χ1) is 11.2. The zero-order valence-electron chi connectivity index (χ0n) is 13.3. The Hall–Kier alpha value is -2.71. The lowest BCUT2D eigenvalue weighted by molar-refractivity contribution is -0.383. The molecule has 0 aliphatic rings. The van der Waals surface area contributed by atoms with Gasteiger partial charge in [0.1, 0.15) is 6.33 Å². The minimum atomic E-state index is -0.425. The second kappa shape index (κ2) is 8.06. The molecule has 0 saturated carbocycles. The molecule has 0 fully saturated rings. The lowest BCUT2D eigenvalue weighted by Gasteiger charge is -2.20. The number of nitrogens with one attached hydrogen (secondary N) is 1. The van der Waals surface area contributed by atoms with Crippen LogP contribution in [0.25, 0.3) is 0 Å². The van der Waals surface area contributed by atoms with Crippen molar-refractivity contribution in [2.45, 2.75) is 26.8 Å². The molecular formula is C14H21N7O2. The molecule has 124 valence electrons. The first-order valence-electron chi connectivity index (χ1n) is 7.61. The van der Waals surface area contributed by atoms with E-state index in [0.717, 1.165) is 13.0 Å². The molecule has 1 N–H and O–H groups in total. The molecule has 0 atom stereocenters. The Morgan fingerprint density at radius 1 is 1.35 bits per heavy atom. The van der Waals surface area contributed by atoms with E-state index in [1.165, 1.54) is 6.33 Å². The summed E-state index contributed by atoms with van der Waals surface area (Å²) in [6.07, 6.45) is 7.51. The Kier molecular flexibility index (Phi) is 5.84. The van der Waals surface area contributed by atoms with E-state index in [2.05, 4.69) is 20.3 Å². The van der Waals surface area contributed by atoms with Gasteiger partial charge in [0.25, 0.3) is 0 Å². The standard InChI is InChI=1S/C14H21N7O2/c1-3-20(4-2)14-12(21(22)23)13(17-10-18-14)16-6-5-8-19-9-7-15-11-19/h7,9-11H,3-6,8H2,1-2H3,(H,16,17,18). The van der Waals surface area contributed by atoms with Crippen molar-refractivity contribution in [3.05, 3.63) is 35.2 Å². The van der Waals surface area contributed by atoms with Crippen LogP contribution in [-0.4, -0.2) is 44.1 Å². The van der Waals surface area contributed by atoms with Crippen molar-refractivity contribution < 1.29 is 4.92 Å². The number of nitro groups is 1. The molecule has 2 heterocycles. The van der Waals surface area contributed by atoms with Gasteiger partial charge in [-0.1, -0.05) is 0 Å². The third-order valence-corrected chi connectivity index (χ3v) is 3.49. The third-order valence-electron chi connectivity index (χ3n) is 3.49. The third kappa shape index (κ3) is 4.15. The maximum Gasteiger partial charge on any atom is 0.353 e. The van der Waals surface area contributed by atoms with Gasteiger partial charge in [-0.3, -0.25) is 10.1 Å². The minimum absolute atomic E-state index is 0.0705. The molecule has 0 amide bonds. The molecule has 9 heteroatoms. The van der Waals surface area contributed by atoms with Crippen LogP contribution in [0.4, 0.5) is 17.3 Å². The Morgan fingerprint density at radius 2 is 2.13 bits per heavy atom. The van der Waals surface area contributed by atoms with E-state index in [1.807, 2.05) is 29.5 Å². The molecular weight excluding hydrogens is 298 g/mol. The largest absolute Gasteiger partial charge is 0.364 e. The first kappa shape index (κ1) is 16.7. The Morgan fingerprint density at radius 3 is 2.74 bits per heavy atom. The van der Waals surface area contributed by atoms with Crippen LogP contribution in [0.2, 0.25) is 0 Å². The predicted molar refractivity (Wildman–Crippen MR) is 87.6 cm³/mol. The fourth-order valence-electron chi connectivity index (χ4n) is 2.31. The maximum absolute atomic E-state index is 11.4. The molecule has 0 bridgehead atoms. The molecule has 0 aliphatic heterocycles. The average Bonchev–Trinajstić information content (AvgIpc) is 3.06. The van der Waals surface area contributed by atoms with Gasteiger partial charge in [0.05, 0.1) is 11.3 Å². The van der Waals surface area contributed by atoms with E-state index in [4.69, 9.17) is 0 Å². The smallest absolute Gasteiger partial charge is 0.353 e. The second-order valence-electron chi connectivity index (χ2n) is 4.90. The van der Waals surface area contributed by atoms with Gasteiger partial charge in [-0.05, 0) is 20.3 Å². The van der Waals surface area contributed by atoms with Crippen molar-refractivity contribution in [1.82, 2.24) is 19.5 Å². The molecule has 0 spiro atoms. The highest BCUT2D eigenvalue weighted by Gasteiger charge is 2.25. The van der Waals surface area contributed by atoms with Gasteiger partial charge in [-0.2, -0.15) is 0 Å². The summed E-state index contributed by atoms with van der Waals surface area (Å²) < 4.78 is 1.96. The zero-order chi connectivity index (χ0) is 16.7. The fraction of sp³-hybridized carbons (Fsp3) is 0.500. The van der Waals surface area contributed by atoms with Crippen LogP contribution in [0.5, 0.6) is 0 Å². The van der Waals surface area contributed by atoms with Crippen LogP contribution in [0, 0.1) is 10.1 Å². The minimum Gasteiger partial charge on any atom is -0.364 e. The quantitative estimate of drug-likeness (QED) is 0.428. The molecule has 23 heavy (non-hydrogen) atoms. The Bertz CT molecular complexity index is 626. The van der Waals surface area contributed by atoms with Crippen molar-refractivity contribution in [2.24, 2.45) is 0 Å². The van der Waals surface area contributed by atoms with E-state index in [9.17, 15) is 10.1 Å². The zero-order valence-corrected chi connectivity index (χ0v) is 13.3. The summed E-state index contributed by atoms with van der Waals surface area (Å²) in [7, 11) is 0. The molecule has 0 aromatic carbocycles. The monoisotopic (exact) mass is 319 g/mol. The summed E-state index contributed by atoms with van der Waals surface area (Å²) in [5.74, 6) is 0.615. The predicted octanol–water partition coefficient (Wildman–Crippen LogP) is 1.93. The highest BCUT2D eigenvalue weighted by Crippen LogP contribution is 2.31. The van der Waals surface area contributed by atoms with Crippen LogP contribution in [0.1, 0.15) is 20.3 Å². The lowest BCUT2D eigenvalue weighted by Crippen LogP contribution is -2.24. The van der Waals surface area contributed by atoms with Gasteiger partial charge >= 0.3 is 5.69 Å². The SMILES string of the molecule is CCN(CC)c1ncnc(NCCCn2ccnc2)c1[N+](=O)[O-]. The van der Waals surface area contributed by atoms with Gasteiger partial charge in [-0.15, -0.1) is 0 Å². The number of nitrogens with zero attached hydrogens (tertiary/aromatic N) is 6.